The van der Waals surface area contributed by atoms with Crippen LogP contribution in [0.4, 0.5) is 15.8 Å². The topological polar surface area (TPSA) is 35.5 Å². The molecule has 3 nitrogen and oxygen atoms in total. The highest BCUT2D eigenvalue weighted by Gasteiger charge is 2.08. The van der Waals surface area contributed by atoms with Gasteiger partial charge in [0, 0.05) is 32.0 Å². The third-order valence-electron chi connectivity index (χ3n) is 3.45. The fourth-order valence-electron chi connectivity index (χ4n) is 2.22. The van der Waals surface area contributed by atoms with E-state index in [0.717, 1.165) is 11.4 Å². The molecule has 0 bridgehead atoms. The molecule has 2 aromatic rings. The molecule has 2 rings (SSSR count). The summed E-state index contributed by atoms with van der Waals surface area (Å²) >= 11 is 0. The van der Waals surface area contributed by atoms with Crippen LogP contribution in [0.15, 0.2) is 42.5 Å². The van der Waals surface area contributed by atoms with E-state index in [4.69, 9.17) is 0 Å². The number of nitrogens with one attached hydrogen (secondary N) is 1. The molecule has 0 fully saturated rings. The summed E-state index contributed by atoms with van der Waals surface area (Å²) in [6.45, 7) is 2.44. The van der Waals surface area contributed by atoms with E-state index in [0.29, 0.717) is 12.1 Å². The van der Waals surface area contributed by atoms with Crippen LogP contribution in [0.1, 0.15) is 17.2 Å². The second-order valence-electron chi connectivity index (χ2n) is 5.34. The smallest absolute Gasteiger partial charge is 0.123 e. The van der Waals surface area contributed by atoms with Gasteiger partial charge in [-0.3, -0.25) is 0 Å². The second-order valence-corrected chi connectivity index (χ2v) is 5.34. The lowest BCUT2D eigenvalue weighted by atomic mass is 10.1. The molecule has 1 unspecified atom stereocenters. The molecule has 4 heteroatoms. The zero-order valence-corrected chi connectivity index (χ0v) is 12.6. The lowest BCUT2D eigenvalue weighted by molar-refractivity contribution is 0.191. The van der Waals surface area contributed by atoms with Gasteiger partial charge in [0.2, 0.25) is 0 Å². The molecule has 0 radical (unpaired) electrons. The SMILES string of the molecule is Cc1ccc(NCC(O)c2ccc(F)cc2)cc1N(C)C. The molecule has 112 valence electrons. The molecule has 0 aromatic heterocycles. The maximum Gasteiger partial charge on any atom is 0.123 e. The minimum Gasteiger partial charge on any atom is -0.387 e. The van der Waals surface area contributed by atoms with Crippen molar-refractivity contribution in [2.75, 3.05) is 30.9 Å². The number of benzene rings is 2. The Morgan fingerprint density at radius 2 is 1.81 bits per heavy atom. The lowest BCUT2D eigenvalue weighted by Gasteiger charge is -2.18. The molecule has 0 aliphatic rings. The van der Waals surface area contributed by atoms with Gasteiger partial charge in [0.25, 0.3) is 0 Å². The minimum atomic E-state index is -0.672. The third-order valence-corrected chi connectivity index (χ3v) is 3.45. The highest BCUT2D eigenvalue weighted by atomic mass is 19.1. The Morgan fingerprint density at radius 1 is 1.14 bits per heavy atom. The summed E-state index contributed by atoms with van der Waals surface area (Å²) in [6, 6.07) is 12.0. The van der Waals surface area contributed by atoms with E-state index in [1.54, 1.807) is 12.1 Å². The Morgan fingerprint density at radius 3 is 2.43 bits per heavy atom. The maximum atomic E-state index is 12.9. The number of aryl methyl sites for hydroxylation is 1. The number of hydrogen-bond acceptors (Lipinski definition) is 3. The van der Waals surface area contributed by atoms with E-state index in [1.165, 1.54) is 17.7 Å². The number of aliphatic hydroxyl groups excluding tert-OH is 1. The Hall–Kier alpha value is -2.07. The summed E-state index contributed by atoms with van der Waals surface area (Å²) < 4.78 is 12.9. The third kappa shape index (κ3) is 3.95. The van der Waals surface area contributed by atoms with Crippen LogP contribution in [-0.2, 0) is 0 Å². The normalized spacial score (nSPS) is 12.0. The van der Waals surface area contributed by atoms with Crippen LogP contribution >= 0.6 is 0 Å². The Kier molecular flexibility index (Phi) is 4.81. The van der Waals surface area contributed by atoms with Crippen molar-refractivity contribution in [1.29, 1.82) is 0 Å². The fraction of sp³-hybridized carbons (Fsp3) is 0.294. The molecule has 0 amide bonds. The monoisotopic (exact) mass is 288 g/mol. The standard InChI is InChI=1S/C17H21FN2O/c1-12-4-9-15(10-16(12)20(2)3)19-11-17(21)13-5-7-14(18)8-6-13/h4-10,17,19,21H,11H2,1-3H3. The zero-order chi connectivity index (χ0) is 15.4. The predicted octanol–water partition coefficient (Wildman–Crippen LogP) is 3.35. The second kappa shape index (κ2) is 6.59. The number of halogens is 1. The van der Waals surface area contributed by atoms with Gasteiger partial charge in [0.1, 0.15) is 5.82 Å². The van der Waals surface area contributed by atoms with Gasteiger partial charge in [-0.2, -0.15) is 0 Å². The minimum absolute atomic E-state index is 0.298. The molecule has 0 heterocycles. The van der Waals surface area contributed by atoms with Crippen LogP contribution in [0.3, 0.4) is 0 Å². The van der Waals surface area contributed by atoms with Gasteiger partial charge >= 0.3 is 0 Å². The first-order valence-corrected chi connectivity index (χ1v) is 6.93. The van der Waals surface area contributed by atoms with Crippen LogP contribution in [0.2, 0.25) is 0 Å². The predicted molar refractivity (Wildman–Crippen MR) is 85.4 cm³/mol. The molecule has 2 aromatic carbocycles. The van der Waals surface area contributed by atoms with Gasteiger partial charge in [0.05, 0.1) is 6.10 Å². The van der Waals surface area contributed by atoms with Crippen LogP contribution in [-0.4, -0.2) is 25.7 Å². The fourth-order valence-corrected chi connectivity index (χ4v) is 2.22. The van der Waals surface area contributed by atoms with Crippen molar-refractivity contribution in [3.05, 3.63) is 59.4 Å². The van der Waals surface area contributed by atoms with Crippen molar-refractivity contribution in [3.8, 4) is 0 Å². The van der Waals surface area contributed by atoms with Crippen molar-refractivity contribution in [2.45, 2.75) is 13.0 Å². The summed E-state index contributed by atoms with van der Waals surface area (Å²) in [5.74, 6) is -0.298. The molecule has 0 spiro atoms. The van der Waals surface area contributed by atoms with Crippen molar-refractivity contribution in [3.63, 3.8) is 0 Å². The molecule has 2 N–H and O–H groups in total. The van der Waals surface area contributed by atoms with Gasteiger partial charge < -0.3 is 15.3 Å². The van der Waals surface area contributed by atoms with Crippen LogP contribution in [0.25, 0.3) is 0 Å². The molecular weight excluding hydrogens is 267 g/mol. The summed E-state index contributed by atoms with van der Waals surface area (Å²) in [5, 5.41) is 13.3. The first-order chi connectivity index (χ1) is 9.97. The van der Waals surface area contributed by atoms with Gasteiger partial charge in [-0.25, -0.2) is 4.39 Å². The molecule has 0 saturated carbocycles. The molecular formula is C17H21FN2O. The van der Waals surface area contributed by atoms with Crippen molar-refractivity contribution in [1.82, 2.24) is 0 Å². The average Bonchev–Trinajstić information content (AvgIpc) is 2.46. The Balaban J connectivity index is 2.02. The average molecular weight is 288 g/mol. The Labute approximate surface area is 125 Å². The molecule has 0 aliphatic carbocycles. The summed E-state index contributed by atoms with van der Waals surface area (Å²) in [5.41, 5.74) is 3.98. The van der Waals surface area contributed by atoms with Gasteiger partial charge in [-0.15, -0.1) is 0 Å². The van der Waals surface area contributed by atoms with Crippen LogP contribution in [0, 0.1) is 12.7 Å². The number of rotatable bonds is 5. The first kappa shape index (κ1) is 15.3. The lowest BCUT2D eigenvalue weighted by Crippen LogP contribution is -2.14. The highest BCUT2D eigenvalue weighted by molar-refractivity contribution is 5.61. The van der Waals surface area contributed by atoms with Crippen LogP contribution in [0.5, 0.6) is 0 Å². The Bertz CT molecular complexity index is 596. The molecule has 0 saturated heterocycles. The number of nitrogens with zero attached hydrogens (tertiary/aromatic N) is 1. The quantitative estimate of drug-likeness (QED) is 0.885. The number of aliphatic hydroxyl groups is 1. The highest BCUT2D eigenvalue weighted by Crippen LogP contribution is 2.23. The van der Waals surface area contributed by atoms with E-state index >= 15 is 0 Å². The van der Waals surface area contributed by atoms with E-state index in [1.807, 2.05) is 32.3 Å². The molecule has 21 heavy (non-hydrogen) atoms. The van der Waals surface area contributed by atoms with Gasteiger partial charge in [-0.05, 0) is 42.3 Å². The first-order valence-electron chi connectivity index (χ1n) is 6.93. The van der Waals surface area contributed by atoms with Crippen molar-refractivity contribution in [2.24, 2.45) is 0 Å². The number of anilines is 2. The molecule has 0 aliphatic heterocycles. The number of hydrogen-bond donors (Lipinski definition) is 2. The largest absolute Gasteiger partial charge is 0.387 e. The summed E-state index contributed by atoms with van der Waals surface area (Å²) in [4.78, 5) is 2.05. The summed E-state index contributed by atoms with van der Waals surface area (Å²) in [7, 11) is 4.00. The van der Waals surface area contributed by atoms with Crippen LogP contribution < -0.4 is 10.2 Å². The van der Waals surface area contributed by atoms with E-state index in [9.17, 15) is 9.50 Å². The summed E-state index contributed by atoms with van der Waals surface area (Å²) in [6.07, 6.45) is -0.672. The molecule has 1 atom stereocenters. The van der Waals surface area contributed by atoms with E-state index < -0.39 is 6.10 Å². The van der Waals surface area contributed by atoms with Crippen molar-refractivity contribution < 1.29 is 9.50 Å². The zero-order valence-electron chi connectivity index (χ0n) is 12.6. The van der Waals surface area contributed by atoms with Gasteiger partial charge in [-0.1, -0.05) is 18.2 Å². The van der Waals surface area contributed by atoms with E-state index in [-0.39, 0.29) is 5.82 Å². The van der Waals surface area contributed by atoms with Crippen molar-refractivity contribution >= 4 is 11.4 Å². The van der Waals surface area contributed by atoms with E-state index in [2.05, 4.69) is 17.1 Å². The maximum absolute atomic E-state index is 12.9. The van der Waals surface area contributed by atoms with Gasteiger partial charge in [0.15, 0.2) is 0 Å².